The molecule has 1 atom stereocenters. The molecule has 22 heavy (non-hydrogen) atoms. The van der Waals surface area contributed by atoms with E-state index in [4.69, 9.17) is 0 Å². The van der Waals surface area contributed by atoms with E-state index in [1.54, 1.807) is 0 Å². The monoisotopic (exact) mass is 298 g/mol. The number of imidazole rings is 1. The van der Waals surface area contributed by atoms with Crippen LogP contribution in [0.25, 0.3) is 0 Å². The van der Waals surface area contributed by atoms with Crippen molar-refractivity contribution in [3.8, 4) is 0 Å². The smallest absolute Gasteiger partial charge is 0.114 e. The van der Waals surface area contributed by atoms with Gasteiger partial charge < -0.3 is 4.57 Å². The number of aromatic nitrogens is 3. The van der Waals surface area contributed by atoms with Gasteiger partial charge in [0.05, 0.1) is 6.54 Å². The van der Waals surface area contributed by atoms with Gasteiger partial charge in [0.15, 0.2) is 0 Å². The Morgan fingerprint density at radius 3 is 2.64 bits per heavy atom. The second-order valence-corrected chi connectivity index (χ2v) is 6.84. The third kappa shape index (κ3) is 2.93. The molecule has 4 nitrogen and oxygen atoms in total. The first-order valence-electron chi connectivity index (χ1n) is 8.21. The molecule has 4 heteroatoms. The predicted octanol–water partition coefficient (Wildman–Crippen LogP) is 3.08. The number of rotatable bonds is 5. The number of hydrogen-bond donors (Lipinski definition) is 0. The predicted molar refractivity (Wildman–Crippen MR) is 88.9 cm³/mol. The Bertz CT molecular complexity index is 611. The average molecular weight is 298 g/mol. The zero-order valence-electron chi connectivity index (χ0n) is 14.0. The second-order valence-electron chi connectivity index (χ2n) is 6.84. The summed E-state index contributed by atoms with van der Waals surface area (Å²) in [5, 5.41) is 0. The van der Waals surface area contributed by atoms with Crippen molar-refractivity contribution in [2.45, 2.75) is 46.2 Å². The molecule has 2 aromatic heterocycles. The van der Waals surface area contributed by atoms with Crippen molar-refractivity contribution in [3.63, 3.8) is 0 Å². The quantitative estimate of drug-likeness (QED) is 0.850. The molecule has 1 aliphatic rings. The van der Waals surface area contributed by atoms with Crippen LogP contribution >= 0.6 is 0 Å². The fraction of sp³-hybridized carbons (Fsp3) is 0.556. The van der Waals surface area contributed by atoms with Crippen LogP contribution in [0.5, 0.6) is 0 Å². The van der Waals surface area contributed by atoms with E-state index < -0.39 is 0 Å². The summed E-state index contributed by atoms with van der Waals surface area (Å²) in [6, 6.07) is 4.78. The summed E-state index contributed by atoms with van der Waals surface area (Å²) in [7, 11) is 0. The number of aryl methyl sites for hydroxylation is 1. The van der Waals surface area contributed by atoms with E-state index in [2.05, 4.69) is 53.2 Å². The molecule has 0 N–H and O–H groups in total. The van der Waals surface area contributed by atoms with Gasteiger partial charge in [0.25, 0.3) is 0 Å². The van der Waals surface area contributed by atoms with Crippen LogP contribution in [0.15, 0.2) is 30.7 Å². The van der Waals surface area contributed by atoms with Gasteiger partial charge in [-0.3, -0.25) is 9.88 Å². The summed E-state index contributed by atoms with van der Waals surface area (Å²) in [6.07, 6.45) is 5.76. The highest BCUT2D eigenvalue weighted by Gasteiger charge is 2.35. The van der Waals surface area contributed by atoms with E-state index in [1.165, 1.54) is 17.1 Å². The van der Waals surface area contributed by atoms with Gasteiger partial charge >= 0.3 is 0 Å². The SMILES string of the molecule is Cc1cnc(C2CN([C@@H](C)C(C)C)C2)n1Cc1cccnc1. The van der Waals surface area contributed by atoms with E-state index in [0.29, 0.717) is 17.9 Å². The van der Waals surface area contributed by atoms with Gasteiger partial charge in [-0.2, -0.15) is 0 Å². The molecule has 3 rings (SSSR count). The number of likely N-dealkylation sites (tertiary alicyclic amines) is 1. The van der Waals surface area contributed by atoms with Crippen molar-refractivity contribution >= 4 is 0 Å². The molecule has 0 unspecified atom stereocenters. The Hall–Kier alpha value is -1.68. The first-order chi connectivity index (χ1) is 10.6. The summed E-state index contributed by atoms with van der Waals surface area (Å²) in [5.74, 6) is 2.50. The van der Waals surface area contributed by atoms with Crippen LogP contribution in [0.4, 0.5) is 0 Å². The lowest BCUT2D eigenvalue weighted by Gasteiger charge is -2.44. The summed E-state index contributed by atoms with van der Waals surface area (Å²) < 4.78 is 2.35. The van der Waals surface area contributed by atoms with Crippen LogP contribution in [0.3, 0.4) is 0 Å². The molecule has 0 amide bonds. The Kier molecular flexibility index (Phi) is 4.30. The van der Waals surface area contributed by atoms with Gasteiger partial charge in [0.1, 0.15) is 5.82 Å². The summed E-state index contributed by atoms with van der Waals surface area (Å²) >= 11 is 0. The molecule has 0 aliphatic carbocycles. The fourth-order valence-corrected chi connectivity index (χ4v) is 3.12. The molecule has 0 aromatic carbocycles. The molecule has 3 heterocycles. The fourth-order valence-electron chi connectivity index (χ4n) is 3.12. The first kappa shape index (κ1) is 15.2. The number of nitrogens with zero attached hydrogens (tertiary/aromatic N) is 4. The highest BCUT2D eigenvalue weighted by molar-refractivity contribution is 5.17. The number of pyridine rings is 1. The zero-order chi connectivity index (χ0) is 15.7. The van der Waals surface area contributed by atoms with Gasteiger partial charge in [0, 0.05) is 49.3 Å². The molecular weight excluding hydrogens is 272 g/mol. The minimum Gasteiger partial charge on any atom is -0.328 e. The van der Waals surface area contributed by atoms with E-state index in [0.717, 1.165) is 19.6 Å². The molecule has 2 aromatic rings. The summed E-state index contributed by atoms with van der Waals surface area (Å²) in [4.78, 5) is 11.5. The zero-order valence-corrected chi connectivity index (χ0v) is 14.0. The van der Waals surface area contributed by atoms with Crippen molar-refractivity contribution in [2.75, 3.05) is 13.1 Å². The maximum atomic E-state index is 4.69. The van der Waals surface area contributed by atoms with Gasteiger partial charge in [0.2, 0.25) is 0 Å². The van der Waals surface area contributed by atoms with E-state index in [-0.39, 0.29) is 0 Å². The minimum atomic E-state index is 0.562. The summed E-state index contributed by atoms with van der Waals surface area (Å²) in [5.41, 5.74) is 2.46. The van der Waals surface area contributed by atoms with Gasteiger partial charge in [-0.15, -0.1) is 0 Å². The standard InChI is InChI=1S/C18H26N4/c1-13(2)15(4)21-11-17(12-21)18-20-8-14(3)22(18)10-16-6-5-7-19-9-16/h5-9,13,15,17H,10-12H2,1-4H3/t15-/m0/s1. The van der Waals surface area contributed by atoms with Crippen LogP contribution in [0.2, 0.25) is 0 Å². The van der Waals surface area contributed by atoms with Crippen LogP contribution in [-0.4, -0.2) is 38.6 Å². The highest BCUT2D eigenvalue weighted by Crippen LogP contribution is 2.30. The Balaban J connectivity index is 1.71. The lowest BCUT2D eigenvalue weighted by Crippen LogP contribution is -2.52. The normalized spacial score (nSPS) is 17.7. The van der Waals surface area contributed by atoms with E-state index in [9.17, 15) is 0 Å². The van der Waals surface area contributed by atoms with Crippen molar-refractivity contribution in [1.29, 1.82) is 0 Å². The molecule has 118 valence electrons. The van der Waals surface area contributed by atoms with Crippen LogP contribution in [0.1, 0.15) is 43.8 Å². The van der Waals surface area contributed by atoms with Crippen molar-refractivity contribution in [1.82, 2.24) is 19.4 Å². The van der Waals surface area contributed by atoms with Gasteiger partial charge in [-0.1, -0.05) is 19.9 Å². The van der Waals surface area contributed by atoms with Crippen molar-refractivity contribution in [3.05, 3.63) is 47.8 Å². The van der Waals surface area contributed by atoms with Crippen LogP contribution in [-0.2, 0) is 6.54 Å². The van der Waals surface area contributed by atoms with Crippen LogP contribution in [0, 0.1) is 12.8 Å². The third-order valence-corrected chi connectivity index (χ3v) is 4.97. The van der Waals surface area contributed by atoms with E-state index >= 15 is 0 Å². The molecular formula is C18H26N4. The van der Waals surface area contributed by atoms with Crippen molar-refractivity contribution in [2.24, 2.45) is 5.92 Å². The average Bonchev–Trinajstić information content (AvgIpc) is 2.80. The number of hydrogen-bond acceptors (Lipinski definition) is 3. The summed E-state index contributed by atoms with van der Waals surface area (Å²) in [6.45, 7) is 12.2. The first-order valence-corrected chi connectivity index (χ1v) is 8.21. The van der Waals surface area contributed by atoms with Gasteiger partial charge in [-0.05, 0) is 31.4 Å². The Morgan fingerprint density at radius 1 is 1.23 bits per heavy atom. The molecule has 0 saturated carbocycles. The molecule has 1 saturated heterocycles. The minimum absolute atomic E-state index is 0.562. The third-order valence-electron chi connectivity index (χ3n) is 4.97. The highest BCUT2D eigenvalue weighted by atomic mass is 15.2. The molecule has 1 fully saturated rings. The molecule has 0 bridgehead atoms. The Morgan fingerprint density at radius 2 is 2.00 bits per heavy atom. The molecule has 1 aliphatic heterocycles. The Labute approximate surface area is 133 Å². The van der Waals surface area contributed by atoms with Crippen LogP contribution < -0.4 is 0 Å². The maximum absolute atomic E-state index is 4.69. The molecule has 0 spiro atoms. The van der Waals surface area contributed by atoms with Crippen molar-refractivity contribution < 1.29 is 0 Å². The second kappa shape index (κ2) is 6.21. The van der Waals surface area contributed by atoms with E-state index in [1.807, 2.05) is 24.7 Å². The molecule has 0 radical (unpaired) electrons. The lowest BCUT2D eigenvalue weighted by atomic mass is 9.93. The topological polar surface area (TPSA) is 34.0 Å². The maximum Gasteiger partial charge on any atom is 0.114 e. The largest absolute Gasteiger partial charge is 0.328 e. The van der Waals surface area contributed by atoms with Gasteiger partial charge in [-0.25, -0.2) is 4.98 Å². The lowest BCUT2D eigenvalue weighted by molar-refractivity contribution is 0.0709.